The van der Waals surface area contributed by atoms with Crippen molar-refractivity contribution in [2.75, 3.05) is 0 Å². The molecule has 0 radical (unpaired) electrons. The summed E-state index contributed by atoms with van der Waals surface area (Å²) in [7, 11) is 0. The Morgan fingerprint density at radius 3 is 3.00 bits per heavy atom. The van der Waals surface area contributed by atoms with E-state index < -0.39 is 6.10 Å². The highest BCUT2D eigenvalue weighted by Gasteiger charge is 2.17. The van der Waals surface area contributed by atoms with E-state index in [2.05, 4.69) is 18.1 Å². The first-order valence-electron chi connectivity index (χ1n) is 7.21. The monoisotopic (exact) mass is 248 g/mol. The number of allylic oxidation sites excluding steroid dienone is 1. The molecule has 0 saturated carbocycles. The average molecular weight is 248 g/mol. The number of aryl methyl sites for hydroxylation is 1. The topological polar surface area (TPSA) is 38.0 Å². The van der Waals surface area contributed by atoms with Gasteiger partial charge in [0, 0.05) is 12.7 Å². The Morgan fingerprint density at radius 2 is 2.17 bits per heavy atom. The van der Waals surface area contributed by atoms with Crippen LogP contribution in [0.5, 0.6) is 0 Å². The number of nitrogens with zero attached hydrogens (tertiary/aromatic N) is 2. The van der Waals surface area contributed by atoms with Crippen LogP contribution in [-0.4, -0.2) is 14.9 Å². The van der Waals surface area contributed by atoms with E-state index in [-0.39, 0.29) is 0 Å². The van der Waals surface area contributed by atoms with Crippen molar-refractivity contribution in [3.8, 4) is 0 Å². The minimum absolute atomic E-state index is 0.461. The molecule has 1 unspecified atom stereocenters. The first-order valence-corrected chi connectivity index (χ1v) is 7.21. The molecule has 1 aromatic rings. The van der Waals surface area contributed by atoms with Crippen molar-refractivity contribution in [1.82, 2.24) is 9.78 Å². The van der Waals surface area contributed by atoms with E-state index in [1.54, 1.807) is 6.20 Å². The number of rotatable bonds is 4. The lowest BCUT2D eigenvalue weighted by molar-refractivity contribution is 0.197. The van der Waals surface area contributed by atoms with Crippen LogP contribution in [0.15, 0.2) is 23.9 Å². The summed E-state index contributed by atoms with van der Waals surface area (Å²) in [4.78, 5) is 0. The molecule has 100 valence electrons. The third kappa shape index (κ3) is 3.22. The van der Waals surface area contributed by atoms with Gasteiger partial charge >= 0.3 is 0 Å². The molecule has 0 aliphatic heterocycles. The van der Waals surface area contributed by atoms with Gasteiger partial charge in [0.1, 0.15) is 6.10 Å². The third-order valence-electron chi connectivity index (χ3n) is 3.64. The first-order chi connectivity index (χ1) is 8.83. The van der Waals surface area contributed by atoms with Crippen LogP contribution in [0.25, 0.3) is 0 Å². The molecule has 1 aromatic heterocycles. The van der Waals surface area contributed by atoms with Crippen LogP contribution >= 0.6 is 0 Å². The van der Waals surface area contributed by atoms with Gasteiger partial charge in [0.25, 0.3) is 0 Å². The van der Waals surface area contributed by atoms with Crippen molar-refractivity contribution in [2.45, 2.75) is 64.5 Å². The van der Waals surface area contributed by atoms with E-state index in [1.165, 1.54) is 31.3 Å². The van der Waals surface area contributed by atoms with Crippen LogP contribution in [-0.2, 0) is 6.54 Å². The minimum atomic E-state index is -0.461. The van der Waals surface area contributed by atoms with Crippen LogP contribution in [0.4, 0.5) is 0 Å². The third-order valence-corrected chi connectivity index (χ3v) is 3.64. The van der Waals surface area contributed by atoms with Gasteiger partial charge in [-0.2, -0.15) is 5.10 Å². The van der Waals surface area contributed by atoms with Gasteiger partial charge in [-0.15, -0.1) is 0 Å². The van der Waals surface area contributed by atoms with Crippen LogP contribution in [0.2, 0.25) is 0 Å². The zero-order chi connectivity index (χ0) is 12.8. The summed E-state index contributed by atoms with van der Waals surface area (Å²) in [5.74, 6) is 0. The fraction of sp³-hybridized carbons (Fsp3) is 0.667. The van der Waals surface area contributed by atoms with E-state index in [0.29, 0.717) is 0 Å². The molecule has 18 heavy (non-hydrogen) atoms. The summed E-state index contributed by atoms with van der Waals surface area (Å²) >= 11 is 0. The second-order valence-electron chi connectivity index (χ2n) is 5.11. The Morgan fingerprint density at radius 1 is 1.33 bits per heavy atom. The summed E-state index contributed by atoms with van der Waals surface area (Å²) in [5.41, 5.74) is 2.14. The second kappa shape index (κ2) is 6.74. The Hall–Kier alpha value is -1.09. The molecule has 1 aliphatic rings. The largest absolute Gasteiger partial charge is 0.382 e. The number of aromatic nitrogens is 2. The van der Waals surface area contributed by atoms with Gasteiger partial charge in [0.2, 0.25) is 0 Å². The molecule has 0 aromatic carbocycles. The summed E-state index contributed by atoms with van der Waals surface area (Å²) in [6.07, 6.45) is 11.8. The average Bonchev–Trinajstić information content (AvgIpc) is 2.76. The maximum Gasteiger partial charge on any atom is 0.117 e. The van der Waals surface area contributed by atoms with Gasteiger partial charge in [-0.3, -0.25) is 4.68 Å². The summed E-state index contributed by atoms with van der Waals surface area (Å²) in [6.45, 7) is 3.01. The van der Waals surface area contributed by atoms with Crippen molar-refractivity contribution >= 4 is 0 Å². The molecule has 1 heterocycles. The SMILES string of the molecule is CCCn1nccc1C(O)/C1=C/CCCCCC1. The number of hydrogen-bond acceptors (Lipinski definition) is 2. The quantitative estimate of drug-likeness (QED) is 0.827. The Labute approximate surface area is 110 Å². The van der Waals surface area contributed by atoms with E-state index in [1.807, 2.05) is 10.7 Å². The molecule has 0 saturated heterocycles. The molecule has 1 N–H and O–H groups in total. The van der Waals surface area contributed by atoms with Crippen molar-refractivity contribution in [2.24, 2.45) is 0 Å². The standard InChI is InChI=1S/C15H24N2O/c1-2-12-17-14(10-11-16-17)15(18)13-8-6-4-3-5-7-9-13/h8,10-11,15,18H,2-7,9,12H2,1H3/b13-8+. The molecule has 1 atom stereocenters. The van der Waals surface area contributed by atoms with Gasteiger partial charge in [0.15, 0.2) is 0 Å². The minimum Gasteiger partial charge on any atom is -0.382 e. The normalized spacial score (nSPS) is 21.8. The van der Waals surface area contributed by atoms with Crippen molar-refractivity contribution in [3.63, 3.8) is 0 Å². The number of aliphatic hydroxyl groups is 1. The summed E-state index contributed by atoms with van der Waals surface area (Å²) in [5, 5.41) is 14.8. The first kappa shape index (κ1) is 13.3. The highest BCUT2D eigenvalue weighted by atomic mass is 16.3. The highest BCUT2D eigenvalue weighted by Crippen LogP contribution is 2.28. The lowest BCUT2D eigenvalue weighted by atomic mass is 9.95. The fourth-order valence-electron chi connectivity index (χ4n) is 2.63. The van der Waals surface area contributed by atoms with Crippen LogP contribution < -0.4 is 0 Å². The van der Waals surface area contributed by atoms with E-state index in [4.69, 9.17) is 0 Å². The molecular formula is C15H24N2O. The van der Waals surface area contributed by atoms with Gasteiger partial charge in [-0.1, -0.05) is 25.8 Å². The van der Waals surface area contributed by atoms with Gasteiger partial charge in [-0.25, -0.2) is 0 Å². The molecule has 0 spiro atoms. The predicted molar refractivity (Wildman–Crippen MR) is 73.3 cm³/mol. The van der Waals surface area contributed by atoms with Gasteiger partial charge in [-0.05, 0) is 43.7 Å². The summed E-state index contributed by atoms with van der Waals surface area (Å²) < 4.78 is 1.93. The Kier molecular flexibility index (Phi) is 5.00. The Bertz CT molecular complexity index is 395. The molecular weight excluding hydrogens is 224 g/mol. The second-order valence-corrected chi connectivity index (χ2v) is 5.11. The van der Waals surface area contributed by atoms with Crippen LogP contribution in [0, 0.1) is 0 Å². The van der Waals surface area contributed by atoms with Crippen LogP contribution in [0.3, 0.4) is 0 Å². The zero-order valence-corrected chi connectivity index (χ0v) is 11.3. The van der Waals surface area contributed by atoms with Crippen molar-refractivity contribution in [1.29, 1.82) is 0 Å². The number of hydrogen-bond donors (Lipinski definition) is 1. The molecule has 1 aliphatic carbocycles. The Balaban J connectivity index is 2.12. The van der Waals surface area contributed by atoms with E-state index in [9.17, 15) is 5.11 Å². The molecule has 0 fully saturated rings. The smallest absolute Gasteiger partial charge is 0.117 e. The molecule has 0 amide bonds. The van der Waals surface area contributed by atoms with Crippen LogP contribution in [0.1, 0.15) is 63.7 Å². The molecule has 3 heteroatoms. The zero-order valence-electron chi connectivity index (χ0n) is 11.3. The van der Waals surface area contributed by atoms with Gasteiger partial charge < -0.3 is 5.11 Å². The molecule has 0 bridgehead atoms. The van der Waals surface area contributed by atoms with Crippen molar-refractivity contribution in [3.05, 3.63) is 29.6 Å². The number of aliphatic hydroxyl groups excluding tert-OH is 1. The highest BCUT2D eigenvalue weighted by molar-refractivity contribution is 5.20. The molecule has 2 rings (SSSR count). The molecule has 3 nitrogen and oxygen atoms in total. The maximum atomic E-state index is 10.5. The lowest BCUT2D eigenvalue weighted by Crippen LogP contribution is -2.11. The van der Waals surface area contributed by atoms with E-state index >= 15 is 0 Å². The maximum absolute atomic E-state index is 10.5. The van der Waals surface area contributed by atoms with Gasteiger partial charge in [0.05, 0.1) is 5.69 Å². The summed E-state index contributed by atoms with van der Waals surface area (Å²) in [6, 6.07) is 1.94. The van der Waals surface area contributed by atoms with E-state index in [0.717, 1.165) is 31.5 Å². The van der Waals surface area contributed by atoms with Crippen molar-refractivity contribution < 1.29 is 5.11 Å². The lowest BCUT2D eigenvalue weighted by Gasteiger charge is -2.18. The predicted octanol–water partition coefficient (Wildman–Crippen LogP) is 3.61. The fourth-order valence-corrected chi connectivity index (χ4v) is 2.63.